The molecule has 0 saturated carbocycles. The number of benzene rings is 1. The molecule has 0 aromatic heterocycles. The molecule has 1 aliphatic heterocycles. The van der Waals surface area contributed by atoms with Crippen LogP contribution in [0.15, 0.2) is 33.6 Å². The molecule has 1 heterocycles. The lowest BCUT2D eigenvalue weighted by atomic mass is 9.80. The van der Waals surface area contributed by atoms with E-state index in [4.69, 9.17) is 13.9 Å². The van der Waals surface area contributed by atoms with Crippen molar-refractivity contribution in [2.45, 2.75) is 98.8 Å². The third-order valence-electron chi connectivity index (χ3n) is 6.87. The van der Waals surface area contributed by atoms with Gasteiger partial charge in [0, 0.05) is 29.0 Å². The van der Waals surface area contributed by atoms with Crippen LogP contribution >= 0.6 is 23.5 Å². The van der Waals surface area contributed by atoms with Crippen molar-refractivity contribution >= 4 is 33.5 Å². The lowest BCUT2D eigenvalue weighted by Crippen LogP contribution is -2.54. The van der Waals surface area contributed by atoms with E-state index in [0.717, 1.165) is 10.9 Å². The van der Waals surface area contributed by atoms with Gasteiger partial charge < -0.3 is 9.05 Å². The van der Waals surface area contributed by atoms with Crippen molar-refractivity contribution in [3.63, 3.8) is 0 Å². The maximum atomic E-state index is 14.2. The third-order valence-corrected chi connectivity index (χ3v) is 12.1. The topological polar surface area (TPSA) is 85.4 Å². The largest absolute Gasteiger partial charge is 0.350 e. The minimum absolute atomic E-state index is 0.0115. The molecule has 0 aliphatic carbocycles. The number of rotatable bonds is 12. The Labute approximate surface area is 252 Å². The van der Waals surface area contributed by atoms with Crippen LogP contribution in [0.3, 0.4) is 0 Å². The second-order valence-electron chi connectivity index (χ2n) is 14.0. The van der Waals surface area contributed by atoms with E-state index >= 15 is 0 Å². The zero-order chi connectivity index (χ0) is 30.7. The van der Waals surface area contributed by atoms with E-state index in [9.17, 15) is 13.0 Å². The van der Waals surface area contributed by atoms with Gasteiger partial charge in [-0.3, -0.25) is 9.40 Å². The summed E-state index contributed by atoms with van der Waals surface area (Å²) in [5.74, 6) is -0.621. The Hall–Kier alpha value is -0.320. The molecule has 1 aliphatic rings. The summed E-state index contributed by atoms with van der Waals surface area (Å²) in [7, 11) is -7.27. The Kier molecular flexibility index (Phi) is 12.1. The van der Waals surface area contributed by atoms with Gasteiger partial charge in [-0.2, -0.15) is 9.37 Å². The first-order chi connectivity index (χ1) is 18.2. The third kappa shape index (κ3) is 9.34. The van der Waals surface area contributed by atoms with Crippen molar-refractivity contribution in [1.29, 1.82) is 0 Å². The molecule has 0 N–H and O–H groups in total. The van der Waals surface area contributed by atoms with Crippen LogP contribution in [0.25, 0.3) is 0 Å². The van der Waals surface area contributed by atoms with E-state index < -0.39 is 34.4 Å². The van der Waals surface area contributed by atoms with E-state index in [0.29, 0.717) is 13.1 Å². The van der Waals surface area contributed by atoms with Gasteiger partial charge in [-0.15, -0.1) is 0 Å². The Morgan fingerprint density at radius 3 is 1.88 bits per heavy atom. The van der Waals surface area contributed by atoms with Crippen molar-refractivity contribution in [3.05, 3.63) is 28.7 Å². The standard InChI is InChI=1S/C29H52BrN2O6PS/c1-12-37-39(33,38-13-2)26(28(6,7)8)32(29(9,10)11)36-21-23-20-31(19-22(23)18-27(3,4)5)40(34,35)25-16-14-24(30)15-17-25/h14-17,22-23,26H,12-13,18-21H2,1-11H3/t22-,23-,26?/m1/s1. The first-order valence-electron chi connectivity index (χ1n) is 14.2. The smallest absolute Gasteiger partial charge is 0.308 e. The molecule has 3 atom stereocenters. The predicted molar refractivity (Wildman–Crippen MR) is 166 cm³/mol. The van der Waals surface area contributed by atoms with Crippen LogP contribution in [-0.4, -0.2) is 62.0 Å². The first kappa shape index (κ1) is 35.9. The molecule has 1 aromatic rings. The van der Waals surface area contributed by atoms with Gasteiger partial charge in [0.1, 0.15) is 5.78 Å². The van der Waals surface area contributed by atoms with Gasteiger partial charge in [0.05, 0.1) is 24.7 Å². The monoisotopic (exact) mass is 666 g/mol. The van der Waals surface area contributed by atoms with Crippen LogP contribution in [0.4, 0.5) is 0 Å². The van der Waals surface area contributed by atoms with Crippen molar-refractivity contribution in [1.82, 2.24) is 9.37 Å². The van der Waals surface area contributed by atoms with Crippen LogP contribution in [-0.2, 0) is 28.5 Å². The number of sulfonamides is 1. The summed E-state index contributed by atoms with van der Waals surface area (Å²) in [6.45, 7) is 23.8. The van der Waals surface area contributed by atoms with Gasteiger partial charge >= 0.3 is 7.60 Å². The average molecular weight is 668 g/mol. The molecule has 11 heteroatoms. The Morgan fingerprint density at radius 1 is 0.950 bits per heavy atom. The van der Waals surface area contributed by atoms with Gasteiger partial charge in [0.2, 0.25) is 10.0 Å². The van der Waals surface area contributed by atoms with Gasteiger partial charge in [0.15, 0.2) is 0 Å². The van der Waals surface area contributed by atoms with E-state index in [-0.39, 0.29) is 42.0 Å². The molecule has 1 fully saturated rings. The highest BCUT2D eigenvalue weighted by atomic mass is 79.9. The molecule has 40 heavy (non-hydrogen) atoms. The number of hydrogen-bond donors (Lipinski definition) is 0. The minimum atomic E-state index is -3.66. The van der Waals surface area contributed by atoms with E-state index in [1.165, 1.54) is 0 Å². The Balaban J connectivity index is 2.44. The number of halogens is 1. The Morgan fingerprint density at radius 2 is 1.45 bits per heavy atom. The second-order valence-corrected chi connectivity index (χ2v) is 18.9. The van der Waals surface area contributed by atoms with Crippen LogP contribution in [0.1, 0.15) is 82.6 Å². The van der Waals surface area contributed by atoms with Crippen molar-refractivity contribution in [3.8, 4) is 0 Å². The molecular formula is C29H52BrN2O6PS. The molecular weight excluding hydrogens is 615 g/mol. The van der Waals surface area contributed by atoms with Crippen LogP contribution in [0.5, 0.6) is 0 Å². The van der Waals surface area contributed by atoms with Crippen molar-refractivity contribution < 1.29 is 26.9 Å². The average Bonchev–Trinajstić information content (AvgIpc) is 3.17. The van der Waals surface area contributed by atoms with E-state index in [1.807, 2.05) is 55.4 Å². The summed E-state index contributed by atoms with van der Waals surface area (Å²) in [6.07, 6.45) is 0.849. The van der Waals surface area contributed by atoms with Gasteiger partial charge in [-0.25, -0.2) is 8.42 Å². The molecule has 2 rings (SSSR count). The van der Waals surface area contributed by atoms with Gasteiger partial charge in [-0.1, -0.05) is 57.5 Å². The quantitative estimate of drug-likeness (QED) is 0.166. The highest BCUT2D eigenvalue weighted by molar-refractivity contribution is 9.10. The summed E-state index contributed by atoms with van der Waals surface area (Å²) in [5, 5.41) is 1.79. The molecule has 0 amide bonds. The lowest BCUT2D eigenvalue weighted by molar-refractivity contribution is -0.245. The molecule has 232 valence electrons. The summed E-state index contributed by atoms with van der Waals surface area (Å²) in [5.41, 5.74) is -1.04. The van der Waals surface area contributed by atoms with Crippen LogP contribution < -0.4 is 0 Å². The summed E-state index contributed by atoms with van der Waals surface area (Å²) >= 11 is 3.39. The molecule has 1 unspecified atom stereocenters. The maximum absolute atomic E-state index is 14.2. The molecule has 1 saturated heterocycles. The van der Waals surface area contributed by atoms with Crippen molar-refractivity contribution in [2.75, 3.05) is 32.9 Å². The van der Waals surface area contributed by atoms with Crippen molar-refractivity contribution in [2.24, 2.45) is 22.7 Å². The molecule has 0 bridgehead atoms. The van der Waals surface area contributed by atoms with Crippen LogP contribution in [0.2, 0.25) is 0 Å². The maximum Gasteiger partial charge on any atom is 0.350 e. The normalized spacial score (nSPS) is 20.8. The summed E-state index contributed by atoms with van der Waals surface area (Å²) < 4.78 is 55.5. The zero-order valence-electron chi connectivity index (χ0n) is 26.4. The highest BCUT2D eigenvalue weighted by Crippen LogP contribution is 2.60. The molecule has 1 aromatic carbocycles. The fraction of sp³-hybridized carbons (Fsp3) is 0.793. The highest BCUT2D eigenvalue weighted by Gasteiger charge is 2.52. The number of hydrogen-bond acceptors (Lipinski definition) is 7. The molecule has 0 radical (unpaired) electrons. The fourth-order valence-electron chi connectivity index (χ4n) is 5.35. The fourth-order valence-corrected chi connectivity index (χ4v) is 9.87. The van der Waals surface area contributed by atoms with Gasteiger partial charge in [-0.05, 0) is 82.1 Å². The number of nitrogens with zero attached hydrogens (tertiary/aromatic N) is 2. The number of hydroxylamine groups is 2. The minimum Gasteiger partial charge on any atom is -0.308 e. The van der Waals surface area contributed by atoms with Gasteiger partial charge in [0.25, 0.3) is 0 Å². The van der Waals surface area contributed by atoms with Crippen LogP contribution in [0, 0.1) is 22.7 Å². The lowest BCUT2D eigenvalue weighted by Gasteiger charge is -2.47. The molecule has 8 nitrogen and oxygen atoms in total. The second kappa shape index (κ2) is 13.5. The predicted octanol–water partition coefficient (Wildman–Crippen LogP) is 7.79. The van der Waals surface area contributed by atoms with E-state index in [2.05, 4.69) is 36.7 Å². The van der Waals surface area contributed by atoms with E-state index in [1.54, 1.807) is 33.6 Å². The SMILES string of the molecule is CCOP(=O)(OCC)C(N(OC[C@H]1CN(S(=O)(=O)c2ccc(Br)cc2)C[C@H]1CC(C)(C)C)C(C)(C)C)C(C)(C)C. The first-order valence-corrected chi connectivity index (χ1v) is 18.1. The zero-order valence-corrected chi connectivity index (χ0v) is 29.7. The Bertz CT molecular complexity index is 1100. The summed E-state index contributed by atoms with van der Waals surface area (Å²) in [4.78, 5) is 6.90. The summed E-state index contributed by atoms with van der Waals surface area (Å²) in [6, 6.07) is 6.77. The molecule has 0 spiro atoms.